The van der Waals surface area contributed by atoms with Crippen LogP contribution in [0, 0.1) is 0 Å². The molecule has 192 valence electrons. The van der Waals surface area contributed by atoms with E-state index in [0.29, 0.717) is 0 Å². The van der Waals surface area contributed by atoms with Gasteiger partial charge in [-0.05, 0) is 17.7 Å². The Morgan fingerprint density at radius 1 is 0.974 bits per heavy atom. The molecule has 3 aromatic rings. The summed E-state index contributed by atoms with van der Waals surface area (Å²) in [5.74, 6) is -3.06. The number of aliphatic hydroxyl groups is 3. The fourth-order valence-electron chi connectivity index (χ4n) is 3.56. The van der Waals surface area contributed by atoms with Gasteiger partial charge >= 0.3 is 59.1 Å². The molecular formula is C21H16Na2O14S. The van der Waals surface area contributed by atoms with Crippen LogP contribution in [0.4, 0.5) is 0 Å². The first-order chi connectivity index (χ1) is 16.9. The van der Waals surface area contributed by atoms with Crippen molar-refractivity contribution in [2.45, 2.75) is 30.7 Å². The smallest absolute Gasteiger partial charge is 0.716 e. The quantitative estimate of drug-likeness (QED) is 0.122. The van der Waals surface area contributed by atoms with E-state index in [1.54, 1.807) is 0 Å². The maximum absolute atomic E-state index is 12.9. The van der Waals surface area contributed by atoms with Crippen LogP contribution in [0.25, 0.3) is 22.1 Å². The molecule has 4 N–H and O–H groups in total. The van der Waals surface area contributed by atoms with E-state index in [0.717, 1.165) is 18.4 Å². The average Bonchev–Trinajstić information content (AvgIpc) is 2.78. The molecule has 0 spiro atoms. The van der Waals surface area contributed by atoms with Crippen molar-refractivity contribution < 1.29 is 120 Å². The molecule has 1 aliphatic rings. The Bertz CT molecular complexity index is 1470. The molecule has 0 radical (unpaired) electrons. The first-order valence-electron chi connectivity index (χ1n) is 9.97. The zero-order valence-electron chi connectivity index (χ0n) is 19.7. The minimum atomic E-state index is -5.13. The van der Waals surface area contributed by atoms with Gasteiger partial charge in [0.2, 0.25) is 11.7 Å². The first-order valence-corrected chi connectivity index (χ1v) is 11.3. The van der Waals surface area contributed by atoms with Gasteiger partial charge in [-0.1, -0.05) is 12.1 Å². The number of benzene rings is 2. The van der Waals surface area contributed by atoms with E-state index in [1.807, 2.05) is 0 Å². The van der Waals surface area contributed by atoms with Crippen LogP contribution in [0.3, 0.4) is 0 Å². The summed E-state index contributed by atoms with van der Waals surface area (Å²) < 4.78 is 52.1. The van der Waals surface area contributed by atoms with E-state index >= 15 is 0 Å². The Morgan fingerprint density at radius 2 is 1.61 bits per heavy atom. The fraction of sp³-hybridized carbons (Fsp3) is 0.238. The molecule has 0 bridgehead atoms. The van der Waals surface area contributed by atoms with Crippen LogP contribution < -0.4 is 78.6 Å². The van der Waals surface area contributed by atoms with Gasteiger partial charge in [-0.3, -0.25) is 4.79 Å². The monoisotopic (exact) mass is 570 g/mol. The number of ether oxygens (including phenoxy) is 2. The molecule has 38 heavy (non-hydrogen) atoms. The zero-order valence-corrected chi connectivity index (χ0v) is 24.5. The molecule has 0 unspecified atom stereocenters. The number of carbonyl (C=O) groups is 1. The topological polar surface area (TPSA) is 236 Å². The van der Waals surface area contributed by atoms with Crippen LogP contribution in [0.1, 0.15) is 0 Å². The number of carbonyl (C=O) groups excluding carboxylic acids is 1. The molecule has 4 rings (SSSR count). The maximum atomic E-state index is 12.9. The number of phenols is 1. The number of aromatic hydroxyl groups is 1. The second kappa shape index (κ2) is 12.6. The van der Waals surface area contributed by atoms with Crippen molar-refractivity contribution in [1.82, 2.24) is 0 Å². The van der Waals surface area contributed by atoms with Gasteiger partial charge in [-0.15, -0.1) is 0 Å². The summed E-state index contributed by atoms with van der Waals surface area (Å²) in [5.41, 5.74) is -0.722. The number of rotatable bonds is 6. The zero-order chi connectivity index (χ0) is 26.4. The van der Waals surface area contributed by atoms with E-state index in [1.165, 1.54) is 24.3 Å². The number of carboxylic acid groups (broad SMARTS) is 1. The van der Waals surface area contributed by atoms with Gasteiger partial charge in [0.25, 0.3) is 10.4 Å². The average molecular weight is 570 g/mol. The molecule has 2 aromatic carbocycles. The number of phenolic OH excluding ortho intramolecular Hbond substituents is 1. The maximum Gasteiger partial charge on any atom is 1.00 e. The van der Waals surface area contributed by atoms with Crippen LogP contribution in [-0.2, 0) is 19.9 Å². The number of aliphatic carboxylic acids is 1. The van der Waals surface area contributed by atoms with E-state index in [-0.39, 0.29) is 87.0 Å². The van der Waals surface area contributed by atoms with Gasteiger partial charge < -0.3 is 53.0 Å². The summed E-state index contributed by atoms with van der Waals surface area (Å²) in [4.78, 5) is 24.0. The predicted octanol–water partition coefficient (Wildman–Crippen LogP) is -8.05. The van der Waals surface area contributed by atoms with Crippen molar-refractivity contribution in [1.29, 1.82) is 0 Å². The van der Waals surface area contributed by atoms with Gasteiger partial charge in [0.1, 0.15) is 58.9 Å². The van der Waals surface area contributed by atoms with Crippen LogP contribution in [0.5, 0.6) is 17.2 Å². The molecule has 14 nitrogen and oxygen atoms in total. The molecule has 5 atom stereocenters. The molecule has 1 fully saturated rings. The third kappa shape index (κ3) is 6.88. The number of carboxylic acids is 1. The Kier molecular flexibility index (Phi) is 10.8. The summed E-state index contributed by atoms with van der Waals surface area (Å²) in [6, 6.07) is 7.08. The van der Waals surface area contributed by atoms with Crippen LogP contribution >= 0.6 is 0 Å². The summed E-state index contributed by atoms with van der Waals surface area (Å²) in [6.45, 7) is 0. The minimum absolute atomic E-state index is 0. The summed E-state index contributed by atoms with van der Waals surface area (Å²) >= 11 is 0. The van der Waals surface area contributed by atoms with E-state index < -0.39 is 64.0 Å². The van der Waals surface area contributed by atoms with Crippen LogP contribution in [0.2, 0.25) is 0 Å². The number of hydrogen-bond donors (Lipinski definition) is 4. The van der Waals surface area contributed by atoms with E-state index in [2.05, 4.69) is 4.18 Å². The van der Waals surface area contributed by atoms with Gasteiger partial charge in [-0.25, -0.2) is 8.42 Å². The molecule has 1 aromatic heterocycles. The van der Waals surface area contributed by atoms with Gasteiger partial charge in [0.05, 0.1) is 11.5 Å². The molecule has 1 saturated heterocycles. The standard InChI is InChI=1S/C21H18O14S.2Na/c22-12-5-10(35-36(29,30)31)6-13-14(12)15(23)11(7-32-13)8-1-3-9(4-2-8)33-21-18(26)16(24)17(25)19(34-21)20(27)28;;/h1-7,16-19,21-22,24-26H,(H,27,28)(H,29,30,31);;/q;2*+1/p-2/t16-,17-,18+,19-,21+;;/m0../s1. The van der Waals surface area contributed by atoms with Gasteiger partial charge in [0, 0.05) is 12.1 Å². The predicted molar refractivity (Wildman–Crippen MR) is 112 cm³/mol. The van der Waals surface area contributed by atoms with E-state index in [9.17, 15) is 48.1 Å². The second-order valence-corrected chi connectivity index (χ2v) is 8.63. The van der Waals surface area contributed by atoms with Crippen molar-refractivity contribution in [3.8, 4) is 28.4 Å². The largest absolute Gasteiger partial charge is 1.00 e. The van der Waals surface area contributed by atoms with Crippen molar-refractivity contribution in [3.63, 3.8) is 0 Å². The van der Waals surface area contributed by atoms with Gasteiger partial charge in [0.15, 0.2) is 0 Å². The summed E-state index contributed by atoms with van der Waals surface area (Å²) in [6.07, 6.45) is -8.23. The first kappa shape index (κ1) is 32.5. The molecular weight excluding hydrogens is 554 g/mol. The number of hydrogen-bond acceptors (Lipinski definition) is 14. The molecule has 17 heteroatoms. The third-order valence-electron chi connectivity index (χ3n) is 5.25. The Balaban J connectivity index is 0.00000253. The van der Waals surface area contributed by atoms with Crippen molar-refractivity contribution in [2.24, 2.45) is 0 Å². The molecule has 0 aliphatic carbocycles. The van der Waals surface area contributed by atoms with Crippen molar-refractivity contribution in [3.05, 3.63) is 52.9 Å². The summed E-state index contributed by atoms with van der Waals surface area (Å²) in [7, 11) is -5.13. The van der Waals surface area contributed by atoms with Crippen LogP contribution in [0.15, 0.2) is 51.9 Å². The fourth-order valence-corrected chi connectivity index (χ4v) is 3.89. The SMILES string of the molecule is O=C([O-])[C@H]1O[C@@H](Oc2ccc(-c3coc4cc(OS(=O)(=O)[O-])cc(O)c4c3=O)cc2)[C@H](O)[C@@H](O)[C@@H]1O.[Na+].[Na+]. The molecule has 0 saturated carbocycles. The number of fused-ring (bicyclic) bond motifs is 1. The Hall–Kier alpha value is -1.73. The molecule has 1 aliphatic heterocycles. The Morgan fingerprint density at radius 3 is 2.18 bits per heavy atom. The van der Waals surface area contributed by atoms with Crippen LogP contribution in [-0.4, -0.2) is 70.1 Å². The van der Waals surface area contributed by atoms with Crippen molar-refractivity contribution >= 4 is 27.3 Å². The Labute approximate surface area is 257 Å². The van der Waals surface area contributed by atoms with Gasteiger partial charge in [-0.2, -0.15) is 0 Å². The van der Waals surface area contributed by atoms with E-state index in [4.69, 9.17) is 13.9 Å². The number of aliphatic hydroxyl groups excluding tert-OH is 3. The minimum Gasteiger partial charge on any atom is -0.716 e. The second-order valence-electron chi connectivity index (χ2n) is 7.64. The normalized spacial score (nSPS) is 23.1. The third-order valence-corrected chi connectivity index (χ3v) is 5.64. The molecule has 2 heterocycles. The van der Waals surface area contributed by atoms with Crippen molar-refractivity contribution in [2.75, 3.05) is 0 Å². The summed E-state index contributed by atoms with van der Waals surface area (Å²) in [5, 5.41) is 50.5. The molecule has 0 amide bonds.